The summed E-state index contributed by atoms with van der Waals surface area (Å²) in [6.07, 6.45) is -0.493. The van der Waals surface area contributed by atoms with E-state index in [9.17, 15) is 13.9 Å². The normalized spacial score (nSPS) is 14.8. The molecule has 0 fully saturated rings. The van der Waals surface area contributed by atoms with Crippen LogP contribution in [0.2, 0.25) is 0 Å². The number of halogens is 2. The van der Waals surface area contributed by atoms with Gasteiger partial charge < -0.3 is 15.3 Å². The zero-order chi connectivity index (χ0) is 13.7. The molecule has 102 valence electrons. The monoisotopic (exact) mass is 258 g/mol. The number of aliphatic hydroxyl groups is 1. The Labute approximate surface area is 106 Å². The molecule has 0 aromatic heterocycles. The predicted octanol–water partition coefficient (Wildman–Crippen LogP) is 1.54. The van der Waals surface area contributed by atoms with E-state index in [0.29, 0.717) is 18.7 Å². The first-order valence-corrected chi connectivity index (χ1v) is 5.91. The highest BCUT2D eigenvalue weighted by Crippen LogP contribution is 2.15. The van der Waals surface area contributed by atoms with E-state index < -0.39 is 17.7 Å². The quantitative estimate of drug-likeness (QED) is 0.812. The summed E-state index contributed by atoms with van der Waals surface area (Å²) in [5, 5.41) is 12.8. The summed E-state index contributed by atoms with van der Waals surface area (Å²) in [7, 11) is 3.75. The maximum atomic E-state index is 13.1. The number of rotatable bonds is 6. The molecule has 1 rings (SSSR count). The molecule has 0 bridgehead atoms. The van der Waals surface area contributed by atoms with Crippen LogP contribution < -0.4 is 5.32 Å². The van der Waals surface area contributed by atoms with Crippen molar-refractivity contribution in [3.63, 3.8) is 0 Å². The largest absolute Gasteiger partial charge is 0.390 e. The minimum atomic E-state index is -0.852. The maximum Gasteiger partial charge on any atom is 0.159 e. The summed E-state index contributed by atoms with van der Waals surface area (Å²) in [4.78, 5) is 1.88. The van der Waals surface area contributed by atoms with Crippen molar-refractivity contribution in [3.05, 3.63) is 35.4 Å². The predicted molar refractivity (Wildman–Crippen MR) is 67.3 cm³/mol. The van der Waals surface area contributed by atoms with Crippen molar-refractivity contribution in [1.29, 1.82) is 0 Å². The van der Waals surface area contributed by atoms with Crippen LogP contribution in [0.1, 0.15) is 18.5 Å². The molecule has 0 amide bonds. The topological polar surface area (TPSA) is 35.5 Å². The lowest BCUT2D eigenvalue weighted by Gasteiger charge is -2.20. The second-order valence-electron chi connectivity index (χ2n) is 4.72. The van der Waals surface area contributed by atoms with Crippen LogP contribution in [0.3, 0.4) is 0 Å². The van der Waals surface area contributed by atoms with Crippen LogP contribution >= 0.6 is 0 Å². The summed E-state index contributed by atoms with van der Waals surface area (Å²) < 4.78 is 25.8. The van der Waals surface area contributed by atoms with E-state index in [1.165, 1.54) is 12.1 Å². The maximum absolute atomic E-state index is 13.1. The Morgan fingerprint density at radius 1 is 1.28 bits per heavy atom. The van der Waals surface area contributed by atoms with Gasteiger partial charge in [-0.1, -0.05) is 6.07 Å². The van der Waals surface area contributed by atoms with Crippen LogP contribution in [-0.4, -0.2) is 43.3 Å². The van der Waals surface area contributed by atoms with Crippen LogP contribution in [0.4, 0.5) is 8.78 Å². The molecule has 2 N–H and O–H groups in total. The number of likely N-dealkylation sites (N-methyl/N-ethyl adjacent to an activating group) is 1. The number of hydrogen-bond donors (Lipinski definition) is 2. The van der Waals surface area contributed by atoms with E-state index in [1.54, 1.807) is 0 Å². The van der Waals surface area contributed by atoms with Gasteiger partial charge in [0.15, 0.2) is 11.6 Å². The Balaban J connectivity index is 2.49. The standard InChI is InChI=1S/C13H20F2N2O/c1-9(16-7-11(18)8-17(2)3)10-4-5-12(14)13(15)6-10/h4-6,9,11,16,18H,7-8H2,1-3H3. The van der Waals surface area contributed by atoms with Gasteiger partial charge in [0, 0.05) is 19.1 Å². The molecular formula is C13H20F2N2O. The van der Waals surface area contributed by atoms with Crippen LogP contribution in [0.25, 0.3) is 0 Å². The summed E-state index contributed by atoms with van der Waals surface area (Å²) >= 11 is 0. The Kier molecular flexibility index (Phi) is 5.65. The third kappa shape index (κ3) is 4.68. The van der Waals surface area contributed by atoms with Crippen molar-refractivity contribution in [2.24, 2.45) is 0 Å². The zero-order valence-corrected chi connectivity index (χ0v) is 11.0. The first kappa shape index (κ1) is 15.0. The fourth-order valence-electron chi connectivity index (χ4n) is 1.70. The van der Waals surface area contributed by atoms with Gasteiger partial charge >= 0.3 is 0 Å². The first-order chi connectivity index (χ1) is 8.40. The average Bonchev–Trinajstić information content (AvgIpc) is 2.28. The molecule has 18 heavy (non-hydrogen) atoms. The van der Waals surface area contributed by atoms with Gasteiger partial charge in [0.1, 0.15) is 0 Å². The fourth-order valence-corrected chi connectivity index (χ4v) is 1.70. The molecule has 3 nitrogen and oxygen atoms in total. The highest BCUT2D eigenvalue weighted by Gasteiger charge is 2.11. The van der Waals surface area contributed by atoms with E-state index in [-0.39, 0.29) is 6.04 Å². The SMILES string of the molecule is CC(NCC(O)CN(C)C)c1ccc(F)c(F)c1. The highest BCUT2D eigenvalue weighted by molar-refractivity contribution is 5.20. The lowest BCUT2D eigenvalue weighted by atomic mass is 10.1. The van der Waals surface area contributed by atoms with Crippen LogP contribution in [0.15, 0.2) is 18.2 Å². The van der Waals surface area contributed by atoms with Crippen LogP contribution in [0.5, 0.6) is 0 Å². The molecule has 1 aromatic rings. The molecule has 0 spiro atoms. The van der Waals surface area contributed by atoms with Gasteiger partial charge in [0.2, 0.25) is 0 Å². The Bertz CT molecular complexity index is 385. The smallest absolute Gasteiger partial charge is 0.159 e. The summed E-state index contributed by atoms with van der Waals surface area (Å²) in [6, 6.07) is 3.68. The number of hydrogen-bond acceptors (Lipinski definition) is 3. The first-order valence-electron chi connectivity index (χ1n) is 5.91. The Morgan fingerprint density at radius 3 is 2.50 bits per heavy atom. The molecular weight excluding hydrogens is 238 g/mol. The van der Waals surface area contributed by atoms with E-state index in [1.807, 2.05) is 25.9 Å². The lowest BCUT2D eigenvalue weighted by Crippen LogP contribution is -2.36. The van der Waals surface area contributed by atoms with Gasteiger partial charge in [-0.05, 0) is 38.7 Å². The van der Waals surface area contributed by atoms with Crippen molar-refractivity contribution in [1.82, 2.24) is 10.2 Å². The average molecular weight is 258 g/mol. The van der Waals surface area contributed by atoms with Crippen LogP contribution in [-0.2, 0) is 0 Å². The lowest BCUT2D eigenvalue weighted by molar-refractivity contribution is 0.132. The number of aliphatic hydroxyl groups excluding tert-OH is 1. The molecule has 1 aromatic carbocycles. The molecule has 0 radical (unpaired) electrons. The molecule has 0 saturated carbocycles. The number of benzene rings is 1. The minimum absolute atomic E-state index is 0.142. The van der Waals surface area contributed by atoms with Crippen molar-refractivity contribution in [3.8, 4) is 0 Å². The van der Waals surface area contributed by atoms with E-state index in [0.717, 1.165) is 6.07 Å². The van der Waals surface area contributed by atoms with Crippen LogP contribution in [0, 0.1) is 11.6 Å². The molecule has 0 aliphatic carbocycles. The van der Waals surface area contributed by atoms with Gasteiger partial charge in [0.05, 0.1) is 6.10 Å². The van der Waals surface area contributed by atoms with Gasteiger partial charge in [0.25, 0.3) is 0 Å². The second-order valence-corrected chi connectivity index (χ2v) is 4.72. The summed E-state index contributed by atoms with van der Waals surface area (Å²) in [5.41, 5.74) is 0.658. The highest BCUT2D eigenvalue weighted by atomic mass is 19.2. The van der Waals surface area contributed by atoms with E-state index >= 15 is 0 Å². The Hall–Kier alpha value is -1.04. The fraction of sp³-hybridized carbons (Fsp3) is 0.538. The molecule has 2 atom stereocenters. The summed E-state index contributed by atoms with van der Waals surface area (Å²) in [5.74, 6) is -1.70. The third-order valence-electron chi connectivity index (χ3n) is 2.68. The van der Waals surface area contributed by atoms with Crippen molar-refractivity contribution in [2.45, 2.75) is 19.1 Å². The molecule has 2 unspecified atom stereocenters. The van der Waals surface area contributed by atoms with Crippen molar-refractivity contribution in [2.75, 3.05) is 27.2 Å². The summed E-state index contributed by atoms with van der Waals surface area (Å²) in [6.45, 7) is 2.80. The van der Waals surface area contributed by atoms with Gasteiger partial charge in [-0.25, -0.2) is 8.78 Å². The van der Waals surface area contributed by atoms with Gasteiger partial charge in [-0.15, -0.1) is 0 Å². The Morgan fingerprint density at radius 2 is 1.94 bits per heavy atom. The van der Waals surface area contributed by atoms with Crippen molar-refractivity contribution < 1.29 is 13.9 Å². The number of nitrogens with zero attached hydrogens (tertiary/aromatic N) is 1. The second kappa shape index (κ2) is 6.78. The third-order valence-corrected chi connectivity index (χ3v) is 2.68. The number of nitrogens with one attached hydrogen (secondary N) is 1. The van der Waals surface area contributed by atoms with E-state index in [2.05, 4.69) is 5.32 Å². The van der Waals surface area contributed by atoms with Gasteiger partial charge in [-0.3, -0.25) is 0 Å². The molecule has 5 heteroatoms. The molecule has 0 saturated heterocycles. The zero-order valence-electron chi connectivity index (χ0n) is 11.0. The molecule has 0 aliphatic heterocycles. The molecule has 0 aliphatic rings. The minimum Gasteiger partial charge on any atom is -0.390 e. The van der Waals surface area contributed by atoms with Gasteiger partial charge in [-0.2, -0.15) is 0 Å². The molecule has 0 heterocycles. The van der Waals surface area contributed by atoms with E-state index in [4.69, 9.17) is 0 Å². The van der Waals surface area contributed by atoms with Crippen molar-refractivity contribution >= 4 is 0 Å².